The van der Waals surface area contributed by atoms with Crippen molar-refractivity contribution in [3.63, 3.8) is 0 Å². The minimum atomic E-state index is -4.16. The highest BCUT2D eigenvalue weighted by molar-refractivity contribution is 7.52. The quantitative estimate of drug-likeness (QED) is 0.391. The highest BCUT2D eigenvalue weighted by atomic mass is 31.2. The van der Waals surface area contributed by atoms with Gasteiger partial charge in [0.2, 0.25) is 0 Å². The molecule has 0 aliphatic carbocycles. The van der Waals surface area contributed by atoms with Gasteiger partial charge in [-0.15, -0.1) is 0 Å². The van der Waals surface area contributed by atoms with Crippen LogP contribution >= 0.6 is 15.2 Å². The molecule has 0 aliphatic heterocycles. The highest BCUT2D eigenvalue weighted by Gasteiger charge is 2.25. The molecule has 6 nitrogen and oxygen atoms in total. The molecule has 0 aromatic heterocycles. The Hall–Kier alpha value is 0.0900. The molecule has 0 bridgehead atoms. The van der Waals surface area contributed by atoms with Crippen molar-refractivity contribution in [2.24, 2.45) is 0 Å². The number of halogens is 3. The van der Waals surface area contributed by atoms with Crippen LogP contribution in [0.25, 0.3) is 0 Å². The van der Waals surface area contributed by atoms with Gasteiger partial charge in [-0.05, 0) is 19.3 Å². The van der Waals surface area contributed by atoms with Gasteiger partial charge >= 0.3 is 21.4 Å². The molecule has 11 heteroatoms. The van der Waals surface area contributed by atoms with Crippen molar-refractivity contribution in [1.82, 2.24) is 0 Å². The van der Waals surface area contributed by atoms with E-state index in [4.69, 9.17) is 19.6 Å². The molecular formula is C10H23F3O6P2. The fraction of sp³-hybridized carbons (Fsp3) is 1.00. The summed E-state index contributed by atoms with van der Waals surface area (Å²) in [5, 5.41) is 0. The Balaban J connectivity index is 0. The monoisotopic (exact) mass is 358 g/mol. The topological polar surface area (TPSA) is 115 Å². The minimum absolute atomic E-state index is 0.0312. The van der Waals surface area contributed by atoms with Crippen molar-refractivity contribution in [2.45, 2.75) is 51.6 Å². The van der Waals surface area contributed by atoms with Crippen LogP contribution in [0.2, 0.25) is 0 Å². The molecule has 0 aromatic rings. The van der Waals surface area contributed by atoms with Crippen LogP contribution in [0.3, 0.4) is 0 Å². The van der Waals surface area contributed by atoms with E-state index in [2.05, 4.69) is 0 Å². The van der Waals surface area contributed by atoms with Crippen molar-refractivity contribution in [2.75, 3.05) is 12.3 Å². The first-order valence-corrected chi connectivity index (χ1v) is 10.0. The summed E-state index contributed by atoms with van der Waals surface area (Å²) in [6.45, 7) is 1.90. The number of hydrogen-bond donors (Lipinski definition) is 4. The molecule has 0 fully saturated rings. The zero-order chi connectivity index (χ0) is 17.2. The van der Waals surface area contributed by atoms with Crippen molar-refractivity contribution in [3.8, 4) is 0 Å². The van der Waals surface area contributed by atoms with Crippen LogP contribution in [0.4, 0.5) is 13.2 Å². The van der Waals surface area contributed by atoms with Gasteiger partial charge in [0.25, 0.3) is 0 Å². The van der Waals surface area contributed by atoms with Gasteiger partial charge in [-0.3, -0.25) is 9.13 Å². The van der Waals surface area contributed by atoms with Gasteiger partial charge in [-0.1, -0.05) is 19.8 Å². The van der Waals surface area contributed by atoms with E-state index in [1.54, 1.807) is 0 Å². The predicted octanol–water partition coefficient (Wildman–Crippen LogP) is 3.25. The van der Waals surface area contributed by atoms with Gasteiger partial charge in [0.05, 0.1) is 0 Å². The van der Waals surface area contributed by atoms with Crippen LogP contribution in [0.1, 0.15) is 45.4 Å². The van der Waals surface area contributed by atoms with E-state index in [1.807, 2.05) is 6.92 Å². The fourth-order valence-corrected chi connectivity index (χ4v) is 2.55. The maximum Gasteiger partial charge on any atom is 0.389 e. The third-order valence-electron chi connectivity index (χ3n) is 2.21. The minimum Gasteiger partial charge on any atom is -0.324 e. The summed E-state index contributed by atoms with van der Waals surface area (Å²) in [6, 6.07) is 0. The zero-order valence-electron chi connectivity index (χ0n) is 11.8. The van der Waals surface area contributed by atoms with Gasteiger partial charge in [0.1, 0.15) is 0 Å². The van der Waals surface area contributed by atoms with Crippen molar-refractivity contribution >= 4 is 15.2 Å². The van der Waals surface area contributed by atoms with Gasteiger partial charge in [0, 0.05) is 18.7 Å². The second-order valence-electron chi connectivity index (χ2n) is 4.56. The number of alkyl halides is 3. The van der Waals surface area contributed by atoms with Crippen LogP contribution in [0.5, 0.6) is 0 Å². The van der Waals surface area contributed by atoms with Gasteiger partial charge < -0.3 is 19.6 Å². The molecule has 0 saturated carbocycles. The lowest BCUT2D eigenvalue weighted by molar-refractivity contribution is -0.135. The number of hydrogen-bond acceptors (Lipinski definition) is 2. The largest absolute Gasteiger partial charge is 0.389 e. The predicted molar refractivity (Wildman–Crippen MR) is 73.3 cm³/mol. The third kappa shape index (κ3) is 28.9. The molecule has 0 radical (unpaired) electrons. The Morgan fingerprint density at radius 1 is 0.810 bits per heavy atom. The number of unbranched alkanes of at least 4 members (excludes halogenated alkanes) is 3. The lowest BCUT2D eigenvalue weighted by Crippen LogP contribution is -2.06. The maximum absolute atomic E-state index is 11.6. The summed E-state index contributed by atoms with van der Waals surface area (Å²) in [5.41, 5.74) is 0. The van der Waals surface area contributed by atoms with E-state index >= 15 is 0 Å². The summed E-state index contributed by atoms with van der Waals surface area (Å²) in [6.07, 6.45) is -3.62. The normalized spacial score (nSPS) is 12.8. The maximum atomic E-state index is 11.6. The molecule has 0 atom stereocenters. The van der Waals surface area contributed by atoms with E-state index in [1.165, 1.54) is 0 Å². The van der Waals surface area contributed by atoms with E-state index in [0.29, 0.717) is 6.42 Å². The van der Waals surface area contributed by atoms with E-state index < -0.39 is 27.8 Å². The molecule has 0 rings (SSSR count). The molecule has 0 spiro atoms. The summed E-state index contributed by atoms with van der Waals surface area (Å²) in [4.78, 5) is 33.3. The Morgan fingerprint density at radius 2 is 1.24 bits per heavy atom. The average molecular weight is 358 g/mol. The van der Waals surface area contributed by atoms with E-state index in [0.717, 1.165) is 6.42 Å². The summed E-state index contributed by atoms with van der Waals surface area (Å²) in [7, 11) is -7.71. The van der Waals surface area contributed by atoms with Crippen molar-refractivity contribution in [1.29, 1.82) is 0 Å². The molecule has 0 unspecified atom stereocenters. The second-order valence-corrected chi connectivity index (χ2v) is 8.11. The molecule has 0 saturated heterocycles. The van der Waals surface area contributed by atoms with Crippen LogP contribution in [0.15, 0.2) is 0 Å². The Bertz CT molecular complexity index is 349. The first-order chi connectivity index (χ1) is 9.27. The van der Waals surface area contributed by atoms with Gasteiger partial charge in [0.15, 0.2) is 0 Å². The number of rotatable bonds is 8. The Morgan fingerprint density at radius 3 is 1.52 bits per heavy atom. The fourth-order valence-electron chi connectivity index (χ4n) is 1.18. The summed E-state index contributed by atoms with van der Waals surface area (Å²) < 4.78 is 55.0. The molecular weight excluding hydrogens is 335 g/mol. The third-order valence-corrected chi connectivity index (χ3v) is 4.01. The Kier molecular flexibility index (Phi) is 12.0. The Labute approximate surface area is 122 Å². The van der Waals surface area contributed by atoms with Crippen LogP contribution in [-0.4, -0.2) is 38.1 Å². The molecule has 0 aliphatic rings. The van der Waals surface area contributed by atoms with Crippen LogP contribution in [0, 0.1) is 0 Å². The van der Waals surface area contributed by atoms with Gasteiger partial charge in [-0.2, -0.15) is 13.2 Å². The van der Waals surface area contributed by atoms with E-state index in [9.17, 15) is 22.3 Å². The molecule has 4 N–H and O–H groups in total. The van der Waals surface area contributed by atoms with E-state index in [-0.39, 0.29) is 31.6 Å². The smallest absolute Gasteiger partial charge is 0.324 e. The van der Waals surface area contributed by atoms with Crippen molar-refractivity contribution < 1.29 is 41.9 Å². The first kappa shape index (κ1) is 23.4. The second kappa shape index (κ2) is 10.8. The van der Waals surface area contributed by atoms with Crippen LogP contribution in [-0.2, 0) is 9.13 Å². The lowest BCUT2D eigenvalue weighted by Gasteiger charge is -2.06. The van der Waals surface area contributed by atoms with Gasteiger partial charge in [-0.25, -0.2) is 0 Å². The van der Waals surface area contributed by atoms with Crippen LogP contribution < -0.4 is 0 Å². The summed E-state index contributed by atoms with van der Waals surface area (Å²) in [5.74, 6) is 0. The van der Waals surface area contributed by atoms with Crippen molar-refractivity contribution in [3.05, 3.63) is 0 Å². The molecule has 0 aromatic carbocycles. The lowest BCUT2D eigenvalue weighted by atomic mass is 10.2. The standard InChI is InChI=1S/C6H12F3O3P.C4H11O3P/c7-6(8,9)4-2-1-3-5-13(10,11)12;1-2-3-4-8(5,6)7/h1-5H2,(H2,10,11,12);2-4H2,1H3,(H2,5,6,7). The molecule has 21 heavy (non-hydrogen) atoms. The SMILES string of the molecule is CCCCP(=O)(O)O.O=P(O)(O)CCCCCC(F)(F)F. The molecule has 0 heterocycles. The zero-order valence-corrected chi connectivity index (χ0v) is 13.6. The molecule has 130 valence electrons. The highest BCUT2D eigenvalue weighted by Crippen LogP contribution is 2.36. The molecule has 0 amide bonds. The average Bonchev–Trinajstić information content (AvgIpc) is 2.22. The summed E-state index contributed by atoms with van der Waals surface area (Å²) >= 11 is 0. The first-order valence-electron chi connectivity index (χ1n) is 6.43.